The summed E-state index contributed by atoms with van der Waals surface area (Å²) in [7, 11) is -1.40. The van der Waals surface area contributed by atoms with Gasteiger partial charge in [-0.15, -0.1) is 0 Å². The van der Waals surface area contributed by atoms with Crippen LogP contribution in [0.15, 0.2) is 29.2 Å². The summed E-state index contributed by atoms with van der Waals surface area (Å²) in [5.41, 5.74) is 6.24. The van der Waals surface area contributed by atoms with E-state index in [0.717, 1.165) is 19.5 Å². The Bertz CT molecular complexity index is 530. The van der Waals surface area contributed by atoms with Crippen molar-refractivity contribution in [2.45, 2.75) is 17.9 Å². The summed E-state index contributed by atoms with van der Waals surface area (Å²) in [5.74, 6) is 0.393. The van der Waals surface area contributed by atoms with E-state index in [1.165, 1.54) is 0 Å². The van der Waals surface area contributed by atoms with E-state index < -0.39 is 10.0 Å². The second-order valence-electron chi connectivity index (χ2n) is 5.08. The van der Waals surface area contributed by atoms with E-state index in [1.807, 2.05) is 0 Å². The minimum atomic E-state index is -3.46. The van der Waals surface area contributed by atoms with Gasteiger partial charge in [-0.25, -0.2) is 13.1 Å². The van der Waals surface area contributed by atoms with Gasteiger partial charge in [0.15, 0.2) is 0 Å². The number of nitrogens with one attached hydrogen (secondary N) is 1. The Balaban J connectivity index is 2.06. The van der Waals surface area contributed by atoms with E-state index in [9.17, 15) is 8.42 Å². The summed E-state index contributed by atoms with van der Waals surface area (Å²) < 4.78 is 27.2. The highest BCUT2D eigenvalue weighted by atomic mass is 32.2. The van der Waals surface area contributed by atoms with Crippen molar-refractivity contribution in [1.29, 1.82) is 0 Å². The average Bonchev–Trinajstić information content (AvgIpc) is 2.82. The van der Waals surface area contributed by atoms with Crippen LogP contribution in [0, 0.1) is 5.92 Å². The first-order valence-corrected chi connectivity index (χ1v) is 7.97. The van der Waals surface area contributed by atoms with Gasteiger partial charge in [0.2, 0.25) is 10.0 Å². The van der Waals surface area contributed by atoms with Crippen LogP contribution in [0.4, 0.5) is 0 Å². The molecule has 6 heteroatoms. The van der Waals surface area contributed by atoms with Crippen molar-refractivity contribution < 1.29 is 8.42 Å². The third-order valence-corrected chi connectivity index (χ3v) is 5.06. The molecule has 1 saturated heterocycles. The molecule has 2 rings (SSSR count). The first-order valence-electron chi connectivity index (χ1n) is 6.49. The van der Waals surface area contributed by atoms with Gasteiger partial charge in [0.25, 0.3) is 0 Å². The maximum absolute atomic E-state index is 12.3. The van der Waals surface area contributed by atoms with Gasteiger partial charge in [-0.2, -0.15) is 0 Å². The quantitative estimate of drug-likeness (QED) is 0.819. The zero-order valence-corrected chi connectivity index (χ0v) is 12.0. The Kier molecular flexibility index (Phi) is 4.57. The molecule has 1 aromatic rings. The molecule has 1 aliphatic rings. The fraction of sp³-hybridized carbons (Fsp3) is 0.538. The third kappa shape index (κ3) is 3.54. The topological polar surface area (TPSA) is 75.4 Å². The van der Waals surface area contributed by atoms with Crippen molar-refractivity contribution in [3.8, 4) is 0 Å². The Morgan fingerprint density at radius 1 is 1.42 bits per heavy atom. The lowest BCUT2D eigenvalue weighted by Crippen LogP contribution is -2.31. The molecule has 5 nitrogen and oxygen atoms in total. The van der Waals surface area contributed by atoms with E-state index in [4.69, 9.17) is 5.73 Å². The third-order valence-electron chi connectivity index (χ3n) is 3.53. The fourth-order valence-electron chi connectivity index (χ4n) is 2.43. The predicted molar refractivity (Wildman–Crippen MR) is 75.1 cm³/mol. The van der Waals surface area contributed by atoms with Crippen molar-refractivity contribution in [2.75, 3.05) is 26.7 Å². The van der Waals surface area contributed by atoms with Gasteiger partial charge in [-0.05, 0) is 37.6 Å². The molecule has 1 aromatic carbocycles. The number of sulfonamides is 1. The molecule has 1 heterocycles. The van der Waals surface area contributed by atoms with Crippen LogP contribution in [0.1, 0.15) is 12.0 Å². The Morgan fingerprint density at radius 3 is 2.79 bits per heavy atom. The van der Waals surface area contributed by atoms with Crippen LogP contribution in [0.3, 0.4) is 0 Å². The van der Waals surface area contributed by atoms with Gasteiger partial charge >= 0.3 is 0 Å². The van der Waals surface area contributed by atoms with Gasteiger partial charge in [0.05, 0.1) is 4.90 Å². The van der Waals surface area contributed by atoms with Crippen molar-refractivity contribution in [2.24, 2.45) is 11.7 Å². The lowest BCUT2D eigenvalue weighted by atomic mass is 10.1. The molecule has 106 valence electrons. The van der Waals surface area contributed by atoms with Gasteiger partial charge in [0, 0.05) is 19.6 Å². The highest BCUT2D eigenvalue weighted by molar-refractivity contribution is 7.89. The molecule has 0 radical (unpaired) electrons. The van der Waals surface area contributed by atoms with Gasteiger partial charge in [0.1, 0.15) is 0 Å². The minimum Gasteiger partial charge on any atom is -0.326 e. The van der Waals surface area contributed by atoms with E-state index >= 15 is 0 Å². The first kappa shape index (κ1) is 14.5. The standard InChI is InChI=1S/C13H21N3O2S/c1-16-7-6-11(10-16)9-15-19(17,18)13-5-3-2-4-12(13)8-14/h2-5,11,15H,6-10,14H2,1H3. The van der Waals surface area contributed by atoms with E-state index in [0.29, 0.717) is 22.9 Å². The molecule has 1 unspecified atom stereocenters. The molecule has 0 spiro atoms. The zero-order valence-electron chi connectivity index (χ0n) is 11.2. The number of nitrogens with two attached hydrogens (primary N) is 1. The van der Waals surface area contributed by atoms with Crippen LogP contribution < -0.4 is 10.5 Å². The van der Waals surface area contributed by atoms with E-state index in [-0.39, 0.29) is 6.54 Å². The average molecular weight is 283 g/mol. The van der Waals surface area contributed by atoms with E-state index in [1.54, 1.807) is 24.3 Å². The molecule has 0 amide bonds. The monoisotopic (exact) mass is 283 g/mol. The number of nitrogens with zero attached hydrogens (tertiary/aromatic N) is 1. The predicted octanol–water partition coefficient (Wildman–Crippen LogP) is 0.375. The van der Waals surface area contributed by atoms with Crippen LogP contribution >= 0.6 is 0 Å². The van der Waals surface area contributed by atoms with Crippen molar-refractivity contribution >= 4 is 10.0 Å². The van der Waals surface area contributed by atoms with Crippen LogP contribution in [0.5, 0.6) is 0 Å². The largest absolute Gasteiger partial charge is 0.326 e. The minimum absolute atomic E-state index is 0.225. The molecule has 19 heavy (non-hydrogen) atoms. The van der Waals surface area contributed by atoms with Crippen LogP contribution in [-0.2, 0) is 16.6 Å². The fourth-order valence-corrected chi connectivity index (χ4v) is 3.80. The molecular formula is C13H21N3O2S. The smallest absolute Gasteiger partial charge is 0.240 e. The second-order valence-corrected chi connectivity index (χ2v) is 6.82. The SMILES string of the molecule is CN1CCC(CNS(=O)(=O)c2ccccc2CN)C1. The Morgan fingerprint density at radius 2 is 2.16 bits per heavy atom. The molecule has 1 fully saturated rings. The number of rotatable bonds is 5. The highest BCUT2D eigenvalue weighted by Gasteiger charge is 2.23. The van der Waals surface area contributed by atoms with Crippen LogP contribution in [-0.4, -0.2) is 40.0 Å². The van der Waals surface area contributed by atoms with Crippen LogP contribution in [0.2, 0.25) is 0 Å². The number of hydrogen-bond acceptors (Lipinski definition) is 4. The normalized spacial score (nSPS) is 20.8. The zero-order chi connectivity index (χ0) is 13.9. The molecule has 0 saturated carbocycles. The number of likely N-dealkylation sites (tertiary alicyclic amines) is 1. The Labute approximate surface area is 114 Å². The van der Waals surface area contributed by atoms with Gasteiger partial charge in [-0.1, -0.05) is 18.2 Å². The summed E-state index contributed by atoms with van der Waals surface area (Å²) in [6.07, 6.45) is 1.04. The highest BCUT2D eigenvalue weighted by Crippen LogP contribution is 2.17. The molecule has 0 aromatic heterocycles. The summed E-state index contributed by atoms with van der Waals surface area (Å²) in [5, 5.41) is 0. The lowest BCUT2D eigenvalue weighted by Gasteiger charge is -2.13. The first-order chi connectivity index (χ1) is 9.03. The maximum atomic E-state index is 12.3. The van der Waals surface area contributed by atoms with Gasteiger partial charge in [-0.3, -0.25) is 0 Å². The lowest BCUT2D eigenvalue weighted by molar-refractivity contribution is 0.394. The number of benzene rings is 1. The van der Waals surface area contributed by atoms with Crippen molar-refractivity contribution in [3.63, 3.8) is 0 Å². The molecule has 3 N–H and O–H groups in total. The summed E-state index contributed by atoms with van der Waals surface area (Å²) >= 11 is 0. The molecular weight excluding hydrogens is 262 g/mol. The number of hydrogen-bond donors (Lipinski definition) is 2. The maximum Gasteiger partial charge on any atom is 0.240 e. The van der Waals surface area contributed by atoms with Gasteiger partial charge < -0.3 is 10.6 Å². The van der Waals surface area contributed by atoms with E-state index in [2.05, 4.69) is 16.7 Å². The van der Waals surface area contributed by atoms with Crippen LogP contribution in [0.25, 0.3) is 0 Å². The molecule has 1 aliphatic heterocycles. The van der Waals surface area contributed by atoms with Crippen molar-refractivity contribution in [3.05, 3.63) is 29.8 Å². The molecule has 1 atom stereocenters. The van der Waals surface area contributed by atoms with Crippen molar-refractivity contribution in [1.82, 2.24) is 9.62 Å². The molecule has 0 aliphatic carbocycles. The molecule has 0 bridgehead atoms. The summed E-state index contributed by atoms with van der Waals surface area (Å²) in [6.45, 7) is 2.70. The summed E-state index contributed by atoms with van der Waals surface area (Å²) in [6, 6.07) is 6.87. The summed E-state index contributed by atoms with van der Waals surface area (Å²) in [4.78, 5) is 2.51. The second kappa shape index (κ2) is 6.00. The Hall–Kier alpha value is -0.950.